The number of benzene rings is 2. The van der Waals surface area contributed by atoms with E-state index in [1.165, 1.54) is 4.57 Å². The third kappa shape index (κ3) is 4.74. The molecule has 4 aromatic rings. The van der Waals surface area contributed by atoms with E-state index in [-0.39, 0.29) is 17.9 Å². The molecule has 2 aromatic carbocycles. The van der Waals surface area contributed by atoms with Crippen molar-refractivity contribution in [2.75, 3.05) is 4.90 Å². The summed E-state index contributed by atoms with van der Waals surface area (Å²) in [7, 11) is 1.68. The van der Waals surface area contributed by atoms with Crippen LogP contribution in [0.1, 0.15) is 30.5 Å². The van der Waals surface area contributed by atoms with Gasteiger partial charge in [0, 0.05) is 43.7 Å². The molecule has 1 saturated heterocycles. The number of rotatable bonds is 6. The largest absolute Gasteiger partial charge is 0.345 e. The minimum Gasteiger partial charge on any atom is -0.345 e. The Morgan fingerprint density at radius 3 is 2.57 bits per heavy atom. The van der Waals surface area contributed by atoms with E-state index in [1.807, 2.05) is 24.3 Å². The van der Waals surface area contributed by atoms with Gasteiger partial charge in [0.1, 0.15) is 0 Å². The molecule has 0 bridgehead atoms. The number of hydrogen-bond donors (Lipinski definition) is 1. The Hall–Kier alpha value is -4.34. The fourth-order valence-corrected chi connectivity index (χ4v) is 4.71. The van der Waals surface area contributed by atoms with Gasteiger partial charge < -0.3 is 14.8 Å². The van der Waals surface area contributed by atoms with E-state index in [4.69, 9.17) is 0 Å². The maximum absolute atomic E-state index is 13.7. The van der Waals surface area contributed by atoms with E-state index in [0.29, 0.717) is 19.2 Å². The number of carbonyl (C=O) groups excluding carboxylic acids is 2. The van der Waals surface area contributed by atoms with Crippen molar-refractivity contribution >= 4 is 28.4 Å². The Kier molecular flexibility index (Phi) is 6.10. The van der Waals surface area contributed by atoms with Gasteiger partial charge in [0.05, 0.1) is 30.3 Å². The molecular weight excluding hydrogens is 480 g/mol. The minimum atomic E-state index is -3.56. The number of alkyl halides is 2. The maximum atomic E-state index is 13.7. The number of nitrogens with one attached hydrogen (secondary N) is 1. The molecule has 0 unspecified atom stereocenters. The molecule has 1 aliphatic heterocycles. The van der Waals surface area contributed by atoms with Gasteiger partial charge in [-0.2, -0.15) is 13.9 Å². The fraction of sp³-hybridized carbons (Fsp3) is 0.259. The van der Waals surface area contributed by atoms with Gasteiger partial charge in [-0.1, -0.05) is 30.3 Å². The molecule has 1 fully saturated rings. The van der Waals surface area contributed by atoms with Crippen LogP contribution in [0.25, 0.3) is 10.9 Å². The minimum absolute atomic E-state index is 0.109. The van der Waals surface area contributed by atoms with E-state index in [2.05, 4.69) is 10.4 Å². The lowest BCUT2D eigenvalue weighted by Gasteiger charge is -2.29. The van der Waals surface area contributed by atoms with Crippen molar-refractivity contribution < 1.29 is 18.4 Å². The zero-order chi connectivity index (χ0) is 26.3. The predicted molar refractivity (Wildman–Crippen MR) is 134 cm³/mol. The number of amides is 2. The summed E-state index contributed by atoms with van der Waals surface area (Å²) in [6.45, 7) is 0.931. The van der Waals surface area contributed by atoms with Crippen LogP contribution in [0, 0.1) is 0 Å². The van der Waals surface area contributed by atoms with Crippen molar-refractivity contribution in [3.63, 3.8) is 0 Å². The number of carbonyl (C=O) groups is 2. The van der Waals surface area contributed by atoms with Crippen LogP contribution in [0.15, 0.2) is 77.9 Å². The van der Waals surface area contributed by atoms with Crippen LogP contribution in [-0.2, 0) is 23.2 Å². The number of aryl methyl sites for hydroxylation is 1. The maximum Gasteiger partial charge on any atom is 0.321 e. The van der Waals surface area contributed by atoms with Gasteiger partial charge in [-0.3, -0.25) is 19.1 Å². The smallest absolute Gasteiger partial charge is 0.321 e. The molecule has 1 N–H and O–H groups in total. The highest BCUT2D eigenvalue weighted by Crippen LogP contribution is 2.38. The zero-order valence-electron chi connectivity index (χ0n) is 20.3. The monoisotopic (exact) mass is 505 g/mol. The standard InChI is InChI=1S/C27H25F2N5O3/c1-27(28,29)26(37)31-21-14-24(36)34(25(21)18-6-4-3-5-7-18)20-8-9-22-19(13-20)15-30-33(22)16-17-10-11-32(2)23(35)12-17/h3-13,15,21,25H,14,16H2,1-2H3,(H,31,37)/t21-,25+/m0/s1. The number of nitrogens with zero attached hydrogens (tertiary/aromatic N) is 4. The Labute approximate surface area is 211 Å². The van der Waals surface area contributed by atoms with Crippen LogP contribution in [0.2, 0.25) is 0 Å². The summed E-state index contributed by atoms with van der Waals surface area (Å²) in [5, 5.41) is 7.60. The summed E-state index contributed by atoms with van der Waals surface area (Å²) in [6.07, 6.45) is 3.27. The lowest BCUT2D eigenvalue weighted by molar-refractivity contribution is -0.143. The predicted octanol–water partition coefficient (Wildman–Crippen LogP) is 3.40. The molecule has 10 heteroatoms. The van der Waals surface area contributed by atoms with Crippen molar-refractivity contribution in [2.45, 2.75) is 37.9 Å². The van der Waals surface area contributed by atoms with Crippen molar-refractivity contribution in [1.82, 2.24) is 19.7 Å². The molecule has 37 heavy (non-hydrogen) atoms. The zero-order valence-corrected chi connectivity index (χ0v) is 20.3. The number of aromatic nitrogens is 3. The molecule has 2 atom stereocenters. The number of fused-ring (bicyclic) bond motifs is 1. The van der Waals surface area contributed by atoms with Gasteiger partial charge in [0.25, 0.3) is 11.5 Å². The summed E-state index contributed by atoms with van der Waals surface area (Å²) < 4.78 is 30.6. The lowest BCUT2D eigenvalue weighted by Crippen LogP contribution is -2.46. The highest BCUT2D eigenvalue weighted by atomic mass is 19.3. The Balaban J connectivity index is 1.49. The van der Waals surface area contributed by atoms with Gasteiger partial charge in [-0.15, -0.1) is 0 Å². The van der Waals surface area contributed by atoms with Gasteiger partial charge in [-0.05, 0) is 35.4 Å². The second kappa shape index (κ2) is 9.27. The SMILES string of the molecule is Cn1ccc(Cn2ncc3cc(N4C(=O)C[C@H](NC(=O)C(C)(F)F)[C@H]4c4ccccc4)ccc32)cc1=O. The van der Waals surface area contributed by atoms with E-state index >= 15 is 0 Å². The normalized spacial score (nSPS) is 17.9. The highest BCUT2D eigenvalue weighted by molar-refractivity contribution is 6.00. The van der Waals surface area contributed by atoms with E-state index < -0.39 is 23.9 Å². The molecule has 0 radical (unpaired) electrons. The van der Waals surface area contributed by atoms with Crippen LogP contribution in [-0.4, -0.2) is 38.1 Å². The second-order valence-corrected chi connectivity index (χ2v) is 9.32. The topological polar surface area (TPSA) is 89.2 Å². The molecule has 0 aliphatic carbocycles. The van der Waals surface area contributed by atoms with E-state index in [0.717, 1.165) is 22.0 Å². The van der Waals surface area contributed by atoms with Crippen molar-refractivity contribution in [3.8, 4) is 0 Å². The average Bonchev–Trinajstić information content (AvgIpc) is 3.41. The molecule has 8 nitrogen and oxygen atoms in total. The van der Waals surface area contributed by atoms with E-state index in [1.54, 1.807) is 65.4 Å². The van der Waals surface area contributed by atoms with Gasteiger partial charge in [0.2, 0.25) is 5.91 Å². The summed E-state index contributed by atoms with van der Waals surface area (Å²) in [5.74, 6) is -5.26. The number of hydrogen-bond acceptors (Lipinski definition) is 4. The highest BCUT2D eigenvalue weighted by Gasteiger charge is 2.45. The molecule has 3 heterocycles. The molecule has 2 amide bonds. The Bertz CT molecular complexity index is 1540. The lowest BCUT2D eigenvalue weighted by atomic mass is 9.99. The summed E-state index contributed by atoms with van der Waals surface area (Å²) >= 11 is 0. The third-order valence-corrected chi connectivity index (χ3v) is 6.58. The fourth-order valence-electron chi connectivity index (χ4n) is 4.71. The third-order valence-electron chi connectivity index (χ3n) is 6.58. The van der Waals surface area contributed by atoms with Gasteiger partial charge >= 0.3 is 5.92 Å². The molecule has 0 spiro atoms. The van der Waals surface area contributed by atoms with Crippen LogP contribution in [0.4, 0.5) is 14.5 Å². The first-order valence-corrected chi connectivity index (χ1v) is 11.8. The first-order valence-electron chi connectivity index (χ1n) is 11.8. The number of halogens is 2. The molecule has 0 saturated carbocycles. The molecule has 190 valence electrons. The first kappa shape index (κ1) is 24.4. The molecule has 1 aliphatic rings. The quantitative estimate of drug-likeness (QED) is 0.435. The van der Waals surface area contributed by atoms with Crippen molar-refractivity contribution in [1.29, 1.82) is 0 Å². The number of anilines is 1. The Morgan fingerprint density at radius 1 is 1.11 bits per heavy atom. The summed E-state index contributed by atoms with van der Waals surface area (Å²) in [5.41, 5.74) is 2.79. The molecule has 2 aromatic heterocycles. The Morgan fingerprint density at radius 2 is 1.86 bits per heavy atom. The number of pyridine rings is 1. The van der Waals surface area contributed by atoms with Crippen LogP contribution in [0.3, 0.4) is 0 Å². The van der Waals surface area contributed by atoms with E-state index in [9.17, 15) is 23.2 Å². The second-order valence-electron chi connectivity index (χ2n) is 9.32. The average molecular weight is 506 g/mol. The van der Waals surface area contributed by atoms with Gasteiger partial charge in [-0.25, -0.2) is 0 Å². The molecule has 5 rings (SSSR count). The molecular formula is C27H25F2N5O3. The van der Waals surface area contributed by atoms with Crippen LogP contribution in [0.5, 0.6) is 0 Å². The van der Waals surface area contributed by atoms with Crippen LogP contribution < -0.4 is 15.8 Å². The summed E-state index contributed by atoms with van der Waals surface area (Å²) in [6, 6.07) is 16.4. The van der Waals surface area contributed by atoms with Crippen molar-refractivity contribution in [3.05, 3.63) is 94.5 Å². The van der Waals surface area contributed by atoms with Crippen molar-refractivity contribution in [2.24, 2.45) is 7.05 Å². The summed E-state index contributed by atoms with van der Waals surface area (Å²) in [4.78, 5) is 38.8. The van der Waals surface area contributed by atoms with Crippen LogP contribution >= 0.6 is 0 Å². The van der Waals surface area contributed by atoms with Gasteiger partial charge in [0.15, 0.2) is 0 Å². The first-order chi connectivity index (χ1) is 17.6.